The van der Waals surface area contributed by atoms with E-state index in [1.165, 1.54) is 64.2 Å². The first-order chi connectivity index (χ1) is 8.14. The van der Waals surface area contributed by atoms with Gasteiger partial charge in [0.05, 0.1) is 0 Å². The lowest BCUT2D eigenvalue weighted by Gasteiger charge is -2.41. The zero-order valence-electron chi connectivity index (χ0n) is 11.9. The van der Waals surface area contributed by atoms with Crippen molar-refractivity contribution in [3.8, 4) is 0 Å². The minimum absolute atomic E-state index is 0.198. The van der Waals surface area contributed by atoms with Gasteiger partial charge in [-0.2, -0.15) is 0 Å². The van der Waals surface area contributed by atoms with Crippen LogP contribution >= 0.6 is 0 Å². The fraction of sp³-hybridized carbons (Fsp3) is 1.00. The molecule has 0 amide bonds. The lowest BCUT2D eigenvalue weighted by Crippen LogP contribution is -2.48. The Morgan fingerprint density at radius 3 is 2.35 bits per heavy atom. The first-order valence-electron chi connectivity index (χ1n) is 7.93. The van der Waals surface area contributed by atoms with E-state index in [2.05, 4.69) is 13.8 Å². The van der Waals surface area contributed by atoms with Gasteiger partial charge in [-0.3, -0.25) is 0 Å². The highest BCUT2D eigenvalue weighted by atomic mass is 14.8. The van der Waals surface area contributed by atoms with Crippen LogP contribution in [-0.2, 0) is 0 Å². The minimum atomic E-state index is 0.198. The quantitative estimate of drug-likeness (QED) is 0.703. The Balaban J connectivity index is 1.93. The molecule has 0 spiro atoms. The SMILES string of the molecule is CCC1CCCC(N)(C2CCC(C)CC2)CC1. The third kappa shape index (κ3) is 3.24. The lowest BCUT2D eigenvalue weighted by molar-refractivity contribution is 0.160. The average Bonchev–Trinajstić information content (AvgIpc) is 2.53. The van der Waals surface area contributed by atoms with Crippen LogP contribution in [0.2, 0.25) is 0 Å². The predicted octanol–water partition coefficient (Wildman–Crippen LogP) is 4.50. The van der Waals surface area contributed by atoms with E-state index < -0.39 is 0 Å². The van der Waals surface area contributed by atoms with E-state index in [-0.39, 0.29) is 5.54 Å². The van der Waals surface area contributed by atoms with Gasteiger partial charge in [-0.15, -0.1) is 0 Å². The molecule has 0 radical (unpaired) electrons. The zero-order chi connectivity index (χ0) is 12.3. The first kappa shape index (κ1) is 13.4. The summed E-state index contributed by atoms with van der Waals surface area (Å²) in [5.41, 5.74) is 6.99. The van der Waals surface area contributed by atoms with Crippen LogP contribution in [0.15, 0.2) is 0 Å². The van der Waals surface area contributed by atoms with Crippen molar-refractivity contribution in [3.05, 3.63) is 0 Å². The fourth-order valence-electron chi connectivity index (χ4n) is 4.11. The predicted molar refractivity (Wildman–Crippen MR) is 74.9 cm³/mol. The van der Waals surface area contributed by atoms with Crippen molar-refractivity contribution in [1.29, 1.82) is 0 Å². The molecule has 2 aliphatic rings. The maximum absolute atomic E-state index is 6.80. The summed E-state index contributed by atoms with van der Waals surface area (Å²) >= 11 is 0. The molecule has 0 aliphatic heterocycles. The number of rotatable bonds is 2. The molecule has 0 aromatic rings. The van der Waals surface area contributed by atoms with Crippen molar-refractivity contribution >= 4 is 0 Å². The molecule has 2 N–H and O–H groups in total. The van der Waals surface area contributed by atoms with Crippen molar-refractivity contribution < 1.29 is 0 Å². The molecule has 1 heteroatoms. The van der Waals surface area contributed by atoms with Gasteiger partial charge in [0.2, 0.25) is 0 Å². The normalized spacial score (nSPS) is 44.3. The summed E-state index contributed by atoms with van der Waals surface area (Å²) in [6.45, 7) is 4.75. The van der Waals surface area contributed by atoms with Crippen molar-refractivity contribution in [2.75, 3.05) is 0 Å². The molecule has 0 aromatic carbocycles. The molecule has 2 rings (SSSR count). The Labute approximate surface area is 108 Å². The van der Waals surface area contributed by atoms with Gasteiger partial charge < -0.3 is 5.73 Å². The maximum Gasteiger partial charge on any atom is 0.0183 e. The fourth-order valence-corrected chi connectivity index (χ4v) is 4.11. The number of hydrogen-bond donors (Lipinski definition) is 1. The van der Waals surface area contributed by atoms with Gasteiger partial charge in [0.1, 0.15) is 0 Å². The van der Waals surface area contributed by atoms with Crippen LogP contribution in [-0.4, -0.2) is 5.54 Å². The molecule has 17 heavy (non-hydrogen) atoms. The van der Waals surface area contributed by atoms with Crippen LogP contribution in [0.5, 0.6) is 0 Å². The van der Waals surface area contributed by atoms with E-state index in [1.807, 2.05) is 0 Å². The van der Waals surface area contributed by atoms with Gasteiger partial charge in [-0.25, -0.2) is 0 Å². The van der Waals surface area contributed by atoms with Crippen LogP contribution in [0, 0.1) is 17.8 Å². The summed E-state index contributed by atoms with van der Waals surface area (Å²) in [5.74, 6) is 2.74. The highest BCUT2D eigenvalue weighted by Gasteiger charge is 2.37. The Bertz CT molecular complexity index is 230. The molecule has 0 bridgehead atoms. The number of nitrogens with two attached hydrogens (primary N) is 1. The van der Waals surface area contributed by atoms with Crippen LogP contribution in [0.1, 0.15) is 78.1 Å². The minimum Gasteiger partial charge on any atom is -0.325 e. The molecular formula is C16H31N. The molecule has 2 unspecified atom stereocenters. The van der Waals surface area contributed by atoms with E-state index in [9.17, 15) is 0 Å². The third-order valence-corrected chi connectivity index (χ3v) is 5.68. The molecule has 2 atom stereocenters. The van der Waals surface area contributed by atoms with Gasteiger partial charge in [-0.05, 0) is 49.9 Å². The summed E-state index contributed by atoms with van der Waals surface area (Å²) in [4.78, 5) is 0. The highest BCUT2D eigenvalue weighted by molar-refractivity contribution is 4.95. The van der Waals surface area contributed by atoms with Crippen molar-refractivity contribution in [3.63, 3.8) is 0 Å². The molecule has 0 saturated heterocycles. The van der Waals surface area contributed by atoms with Gasteiger partial charge in [0, 0.05) is 5.54 Å². The van der Waals surface area contributed by atoms with Crippen LogP contribution in [0.4, 0.5) is 0 Å². The standard InChI is InChI=1S/C16H31N/c1-3-14-5-4-11-16(17,12-10-14)15-8-6-13(2)7-9-15/h13-15H,3-12,17H2,1-2H3. The molecule has 100 valence electrons. The molecule has 2 aliphatic carbocycles. The second kappa shape index (κ2) is 5.73. The largest absolute Gasteiger partial charge is 0.325 e. The van der Waals surface area contributed by atoms with Gasteiger partial charge in [-0.1, -0.05) is 46.0 Å². The maximum atomic E-state index is 6.80. The molecule has 0 heterocycles. The molecular weight excluding hydrogens is 206 g/mol. The Morgan fingerprint density at radius 1 is 1.00 bits per heavy atom. The van der Waals surface area contributed by atoms with E-state index in [0.717, 1.165) is 17.8 Å². The lowest BCUT2D eigenvalue weighted by atomic mass is 9.69. The van der Waals surface area contributed by atoms with Crippen molar-refractivity contribution in [2.45, 2.75) is 83.6 Å². The Hall–Kier alpha value is -0.0400. The monoisotopic (exact) mass is 237 g/mol. The average molecular weight is 237 g/mol. The first-order valence-corrected chi connectivity index (χ1v) is 7.93. The van der Waals surface area contributed by atoms with Gasteiger partial charge in [0.15, 0.2) is 0 Å². The molecule has 1 nitrogen and oxygen atoms in total. The molecule has 2 saturated carbocycles. The smallest absolute Gasteiger partial charge is 0.0183 e. The van der Waals surface area contributed by atoms with Crippen molar-refractivity contribution in [2.24, 2.45) is 23.5 Å². The van der Waals surface area contributed by atoms with Crippen LogP contribution < -0.4 is 5.73 Å². The van der Waals surface area contributed by atoms with Gasteiger partial charge in [0.25, 0.3) is 0 Å². The second-order valence-electron chi connectivity index (χ2n) is 6.90. The third-order valence-electron chi connectivity index (χ3n) is 5.68. The van der Waals surface area contributed by atoms with Crippen molar-refractivity contribution in [1.82, 2.24) is 0 Å². The second-order valence-corrected chi connectivity index (χ2v) is 6.90. The van der Waals surface area contributed by atoms with E-state index in [4.69, 9.17) is 5.73 Å². The summed E-state index contributed by atoms with van der Waals surface area (Å²) in [6.07, 6.45) is 13.8. The highest BCUT2D eigenvalue weighted by Crippen LogP contribution is 2.41. The molecule has 0 aromatic heterocycles. The van der Waals surface area contributed by atoms with Crippen LogP contribution in [0.25, 0.3) is 0 Å². The van der Waals surface area contributed by atoms with E-state index in [0.29, 0.717) is 0 Å². The Kier molecular flexibility index (Phi) is 4.52. The summed E-state index contributed by atoms with van der Waals surface area (Å²) in [5, 5.41) is 0. The summed E-state index contributed by atoms with van der Waals surface area (Å²) < 4.78 is 0. The van der Waals surface area contributed by atoms with Gasteiger partial charge >= 0.3 is 0 Å². The van der Waals surface area contributed by atoms with E-state index in [1.54, 1.807) is 0 Å². The molecule has 2 fully saturated rings. The Morgan fingerprint density at radius 2 is 1.71 bits per heavy atom. The van der Waals surface area contributed by atoms with E-state index >= 15 is 0 Å². The zero-order valence-corrected chi connectivity index (χ0v) is 11.9. The summed E-state index contributed by atoms with van der Waals surface area (Å²) in [6, 6.07) is 0. The topological polar surface area (TPSA) is 26.0 Å². The summed E-state index contributed by atoms with van der Waals surface area (Å²) in [7, 11) is 0. The number of hydrogen-bond acceptors (Lipinski definition) is 1. The van der Waals surface area contributed by atoms with Crippen LogP contribution in [0.3, 0.4) is 0 Å².